The van der Waals surface area contributed by atoms with E-state index in [4.69, 9.17) is 0 Å². The molecule has 0 aliphatic rings. The lowest BCUT2D eigenvalue weighted by Crippen LogP contribution is -2.11. The molecule has 0 spiro atoms. The normalized spacial score (nSPS) is 18.3. The second kappa shape index (κ2) is 11.2. The van der Waals surface area contributed by atoms with E-state index in [1.54, 1.807) is 0 Å². The maximum absolute atomic E-state index is 4.38. The zero-order valence-electron chi connectivity index (χ0n) is 13.4. The van der Waals surface area contributed by atoms with Crippen LogP contribution in [0.2, 0.25) is 0 Å². The largest absolute Gasteiger partial charge is 0.179 e. The molecule has 0 fully saturated rings. The van der Waals surface area contributed by atoms with Crippen LogP contribution < -0.4 is 0 Å². The molecule has 110 valence electrons. The number of hydrogen-bond donors (Lipinski definition) is 1. The molecule has 0 N–H and O–H groups in total. The van der Waals surface area contributed by atoms with Crippen LogP contribution in [-0.4, -0.2) is 5.75 Å². The summed E-state index contributed by atoms with van der Waals surface area (Å²) in [6, 6.07) is 0. The van der Waals surface area contributed by atoms with Crippen LogP contribution in [0.25, 0.3) is 0 Å². The average molecular weight is 273 g/mol. The zero-order chi connectivity index (χ0) is 14.0. The highest BCUT2D eigenvalue weighted by atomic mass is 32.1. The highest BCUT2D eigenvalue weighted by Gasteiger charge is 2.14. The van der Waals surface area contributed by atoms with Crippen molar-refractivity contribution in [2.75, 3.05) is 5.75 Å². The monoisotopic (exact) mass is 272 g/mol. The van der Waals surface area contributed by atoms with Crippen molar-refractivity contribution in [2.24, 2.45) is 23.7 Å². The molecule has 0 radical (unpaired) electrons. The highest BCUT2D eigenvalue weighted by molar-refractivity contribution is 7.80. The van der Waals surface area contributed by atoms with Crippen molar-refractivity contribution in [3.8, 4) is 0 Å². The predicted octanol–water partition coefficient (Wildman–Crippen LogP) is 6.21. The third kappa shape index (κ3) is 10.3. The third-order valence-electron chi connectivity index (χ3n) is 4.03. The van der Waals surface area contributed by atoms with Gasteiger partial charge in [0.25, 0.3) is 0 Å². The molecule has 4 atom stereocenters. The second-order valence-electron chi connectivity index (χ2n) is 6.81. The Morgan fingerprint density at radius 2 is 1.22 bits per heavy atom. The van der Waals surface area contributed by atoms with Crippen molar-refractivity contribution in [1.29, 1.82) is 0 Å². The molecule has 1 heteroatoms. The first-order valence-corrected chi connectivity index (χ1v) is 8.73. The van der Waals surface area contributed by atoms with Gasteiger partial charge >= 0.3 is 0 Å². The zero-order valence-corrected chi connectivity index (χ0v) is 14.3. The highest BCUT2D eigenvalue weighted by Crippen LogP contribution is 2.26. The number of hydrogen-bond acceptors (Lipinski definition) is 1. The van der Waals surface area contributed by atoms with Crippen molar-refractivity contribution in [3.05, 3.63) is 0 Å². The summed E-state index contributed by atoms with van der Waals surface area (Å²) in [7, 11) is 0. The van der Waals surface area contributed by atoms with E-state index in [9.17, 15) is 0 Å². The summed E-state index contributed by atoms with van der Waals surface area (Å²) in [4.78, 5) is 0. The molecule has 4 unspecified atom stereocenters. The van der Waals surface area contributed by atoms with Gasteiger partial charge in [0.05, 0.1) is 0 Å². The van der Waals surface area contributed by atoms with Gasteiger partial charge in [0.15, 0.2) is 0 Å². The van der Waals surface area contributed by atoms with Gasteiger partial charge in [0, 0.05) is 0 Å². The lowest BCUT2D eigenvalue weighted by atomic mass is 9.85. The van der Waals surface area contributed by atoms with Gasteiger partial charge in [-0.3, -0.25) is 0 Å². The summed E-state index contributed by atoms with van der Waals surface area (Å²) in [5, 5.41) is 0. The smallest absolute Gasteiger partial charge is 0.00720 e. The molecule has 0 aromatic carbocycles. The molecular formula is C17H36S. The van der Waals surface area contributed by atoms with Crippen LogP contribution in [0.3, 0.4) is 0 Å². The number of rotatable bonds is 11. The van der Waals surface area contributed by atoms with Crippen LogP contribution in [0.4, 0.5) is 0 Å². The second-order valence-corrected chi connectivity index (χ2v) is 7.17. The molecule has 0 heterocycles. The van der Waals surface area contributed by atoms with E-state index in [-0.39, 0.29) is 0 Å². The Bertz CT molecular complexity index is 178. The molecule has 18 heavy (non-hydrogen) atoms. The summed E-state index contributed by atoms with van der Waals surface area (Å²) in [6.45, 7) is 11.9. The first-order chi connectivity index (χ1) is 8.49. The van der Waals surface area contributed by atoms with Gasteiger partial charge in [-0.2, -0.15) is 12.6 Å². The topological polar surface area (TPSA) is 0 Å². The fraction of sp³-hybridized carbons (Fsp3) is 1.00. The first kappa shape index (κ1) is 18.4. The molecule has 0 saturated heterocycles. The van der Waals surface area contributed by atoms with Crippen molar-refractivity contribution >= 4 is 12.6 Å². The van der Waals surface area contributed by atoms with Gasteiger partial charge in [-0.25, -0.2) is 0 Å². The quantitative estimate of drug-likeness (QED) is 0.335. The van der Waals surface area contributed by atoms with Crippen molar-refractivity contribution in [3.63, 3.8) is 0 Å². The van der Waals surface area contributed by atoms with E-state index in [0.29, 0.717) is 0 Å². The molecular weight excluding hydrogens is 236 g/mol. The predicted molar refractivity (Wildman–Crippen MR) is 88.5 cm³/mol. The lowest BCUT2D eigenvalue weighted by molar-refractivity contribution is 0.305. The standard InChI is InChI=1S/C17H36S/c1-6-7-8-9-14(2)10-15(3)11-16(4)12-17(5)13-18/h14-18H,6-13H2,1-5H3. The van der Waals surface area contributed by atoms with Gasteiger partial charge in [-0.05, 0) is 48.7 Å². The molecule has 0 bridgehead atoms. The summed E-state index contributed by atoms with van der Waals surface area (Å²) < 4.78 is 0. The maximum Gasteiger partial charge on any atom is -0.00720 e. The third-order valence-corrected chi connectivity index (χ3v) is 4.65. The first-order valence-electron chi connectivity index (χ1n) is 8.10. The van der Waals surface area contributed by atoms with Crippen LogP contribution in [0, 0.1) is 23.7 Å². The van der Waals surface area contributed by atoms with Gasteiger partial charge in [-0.15, -0.1) is 0 Å². The number of thiol groups is 1. The molecule has 0 aliphatic heterocycles. The van der Waals surface area contributed by atoms with E-state index in [1.807, 2.05) is 0 Å². The van der Waals surface area contributed by atoms with Gasteiger partial charge in [-0.1, -0.05) is 60.3 Å². The Hall–Kier alpha value is 0.350. The SMILES string of the molecule is CCCCCC(C)CC(C)CC(C)CC(C)CS. The molecule has 0 nitrogen and oxygen atoms in total. The Morgan fingerprint density at radius 3 is 1.72 bits per heavy atom. The van der Waals surface area contributed by atoms with E-state index in [1.165, 1.54) is 44.9 Å². The minimum absolute atomic E-state index is 0.775. The Morgan fingerprint density at radius 1 is 0.722 bits per heavy atom. The fourth-order valence-corrected chi connectivity index (χ4v) is 3.34. The van der Waals surface area contributed by atoms with E-state index >= 15 is 0 Å². The van der Waals surface area contributed by atoms with Gasteiger partial charge in [0.2, 0.25) is 0 Å². The molecule has 0 aromatic heterocycles. The Balaban J connectivity index is 3.70. The molecule has 0 rings (SSSR count). The van der Waals surface area contributed by atoms with E-state index < -0.39 is 0 Å². The minimum atomic E-state index is 0.775. The summed E-state index contributed by atoms with van der Waals surface area (Å²) in [5.74, 6) is 4.49. The van der Waals surface area contributed by atoms with Crippen LogP contribution in [0.15, 0.2) is 0 Å². The summed E-state index contributed by atoms with van der Waals surface area (Å²) in [5.41, 5.74) is 0. The molecule has 0 saturated carbocycles. The van der Waals surface area contributed by atoms with E-state index in [0.717, 1.165) is 29.4 Å². The average Bonchev–Trinajstić information content (AvgIpc) is 2.28. The summed E-state index contributed by atoms with van der Waals surface area (Å²) in [6.07, 6.45) is 9.78. The van der Waals surface area contributed by atoms with Crippen LogP contribution in [-0.2, 0) is 0 Å². The maximum atomic E-state index is 4.38. The molecule has 0 amide bonds. The van der Waals surface area contributed by atoms with Crippen LogP contribution >= 0.6 is 12.6 Å². The fourth-order valence-electron chi connectivity index (χ4n) is 3.19. The van der Waals surface area contributed by atoms with E-state index in [2.05, 4.69) is 47.2 Å². The van der Waals surface area contributed by atoms with Crippen molar-refractivity contribution < 1.29 is 0 Å². The van der Waals surface area contributed by atoms with Gasteiger partial charge in [0.1, 0.15) is 0 Å². The van der Waals surface area contributed by atoms with Crippen molar-refractivity contribution in [2.45, 2.75) is 79.6 Å². The van der Waals surface area contributed by atoms with Crippen molar-refractivity contribution in [1.82, 2.24) is 0 Å². The Labute approximate surface area is 122 Å². The van der Waals surface area contributed by atoms with Gasteiger partial charge < -0.3 is 0 Å². The molecule has 0 aliphatic carbocycles. The van der Waals surface area contributed by atoms with Crippen LogP contribution in [0.1, 0.15) is 79.6 Å². The number of unbranched alkanes of at least 4 members (excludes halogenated alkanes) is 2. The minimum Gasteiger partial charge on any atom is -0.179 e. The lowest BCUT2D eigenvalue weighted by Gasteiger charge is -2.22. The molecule has 0 aromatic rings. The summed E-state index contributed by atoms with van der Waals surface area (Å²) >= 11 is 4.38. The van der Waals surface area contributed by atoms with Crippen LogP contribution in [0.5, 0.6) is 0 Å². The Kier molecular flexibility index (Phi) is 11.4.